The second kappa shape index (κ2) is 3.91. The molecule has 0 amide bonds. The number of H-pyrrole nitrogens is 1. The smallest absolute Gasteiger partial charge is 0.125 e. The van der Waals surface area contributed by atoms with Crippen LogP contribution in [0.1, 0.15) is 11.5 Å². The van der Waals surface area contributed by atoms with E-state index in [0.29, 0.717) is 6.54 Å². The number of nitrogens with one attached hydrogen (secondary N) is 2. The first kappa shape index (κ1) is 8.74. The molecule has 0 fully saturated rings. The van der Waals surface area contributed by atoms with Gasteiger partial charge in [0.25, 0.3) is 0 Å². The van der Waals surface area contributed by atoms with E-state index >= 15 is 0 Å². The second-order valence-electron chi connectivity index (χ2n) is 3.08. The van der Waals surface area contributed by atoms with Crippen molar-refractivity contribution in [3.05, 3.63) is 42.2 Å². The maximum Gasteiger partial charge on any atom is 0.125 e. The van der Waals surface area contributed by atoms with E-state index in [-0.39, 0.29) is 0 Å². The van der Waals surface area contributed by atoms with E-state index in [9.17, 15) is 0 Å². The fraction of sp³-hybridized carbons (Fsp3) is 0.200. The highest BCUT2D eigenvalue weighted by atomic mass is 15.0. The zero-order valence-corrected chi connectivity index (χ0v) is 7.99. The molecule has 2 N–H and O–H groups in total. The molecule has 0 bridgehead atoms. The number of hydrogen-bond donors (Lipinski definition) is 2. The van der Waals surface area contributed by atoms with Crippen molar-refractivity contribution in [2.24, 2.45) is 0 Å². The molecule has 2 aromatic rings. The molecule has 0 radical (unpaired) electrons. The quantitative estimate of drug-likeness (QED) is 0.771. The molecule has 4 heteroatoms. The van der Waals surface area contributed by atoms with Gasteiger partial charge in [0.1, 0.15) is 5.82 Å². The van der Waals surface area contributed by atoms with E-state index in [1.807, 2.05) is 25.3 Å². The van der Waals surface area contributed by atoms with Crippen LogP contribution in [0.15, 0.2) is 30.7 Å². The van der Waals surface area contributed by atoms with Crippen LogP contribution in [0.5, 0.6) is 0 Å². The number of aromatic nitrogens is 3. The van der Waals surface area contributed by atoms with E-state index < -0.39 is 0 Å². The first-order valence-corrected chi connectivity index (χ1v) is 4.49. The van der Waals surface area contributed by atoms with Crippen molar-refractivity contribution in [1.29, 1.82) is 0 Å². The van der Waals surface area contributed by atoms with Gasteiger partial charge in [0, 0.05) is 30.0 Å². The molecule has 0 spiro atoms. The Hall–Kier alpha value is -1.84. The Bertz CT molecular complexity index is 394. The van der Waals surface area contributed by atoms with Gasteiger partial charge < -0.3 is 10.3 Å². The highest BCUT2D eigenvalue weighted by molar-refractivity contribution is 5.42. The van der Waals surface area contributed by atoms with Crippen molar-refractivity contribution in [2.45, 2.75) is 13.5 Å². The lowest BCUT2D eigenvalue weighted by Gasteiger charge is -2.04. The maximum absolute atomic E-state index is 4.12. The van der Waals surface area contributed by atoms with Crippen LogP contribution >= 0.6 is 0 Å². The van der Waals surface area contributed by atoms with E-state index in [1.165, 1.54) is 0 Å². The molecular weight excluding hydrogens is 176 g/mol. The Morgan fingerprint density at radius 1 is 1.36 bits per heavy atom. The zero-order chi connectivity index (χ0) is 9.80. The van der Waals surface area contributed by atoms with Crippen LogP contribution in [0, 0.1) is 6.92 Å². The number of anilines is 1. The summed E-state index contributed by atoms with van der Waals surface area (Å²) in [7, 11) is 0. The minimum Gasteiger partial charge on any atom is -0.378 e. The molecule has 2 aromatic heterocycles. The molecule has 0 aliphatic rings. The molecule has 0 saturated heterocycles. The monoisotopic (exact) mass is 188 g/mol. The number of imidazole rings is 1. The lowest BCUT2D eigenvalue weighted by atomic mass is 10.3. The largest absolute Gasteiger partial charge is 0.378 e. The van der Waals surface area contributed by atoms with Crippen molar-refractivity contribution < 1.29 is 0 Å². The zero-order valence-electron chi connectivity index (χ0n) is 7.99. The van der Waals surface area contributed by atoms with Crippen molar-refractivity contribution in [1.82, 2.24) is 15.0 Å². The molecule has 0 unspecified atom stereocenters. The first-order valence-electron chi connectivity index (χ1n) is 4.49. The van der Waals surface area contributed by atoms with Crippen LogP contribution in [-0.4, -0.2) is 15.0 Å². The van der Waals surface area contributed by atoms with Gasteiger partial charge >= 0.3 is 0 Å². The lowest BCUT2D eigenvalue weighted by Crippen LogP contribution is -2.01. The van der Waals surface area contributed by atoms with Crippen LogP contribution in [0.3, 0.4) is 0 Å². The fourth-order valence-corrected chi connectivity index (χ4v) is 1.24. The summed E-state index contributed by atoms with van der Waals surface area (Å²) in [6.45, 7) is 2.68. The Labute approximate surface area is 82.4 Å². The van der Waals surface area contributed by atoms with Crippen LogP contribution < -0.4 is 5.32 Å². The molecule has 2 rings (SSSR count). The molecule has 0 saturated carbocycles. The number of rotatable bonds is 3. The van der Waals surface area contributed by atoms with Gasteiger partial charge in [-0.1, -0.05) is 0 Å². The summed E-state index contributed by atoms with van der Waals surface area (Å²) in [4.78, 5) is 11.3. The van der Waals surface area contributed by atoms with Gasteiger partial charge in [0.05, 0.1) is 6.54 Å². The molecular formula is C10H12N4. The van der Waals surface area contributed by atoms with Crippen molar-refractivity contribution >= 4 is 5.69 Å². The molecule has 14 heavy (non-hydrogen) atoms. The number of pyridine rings is 1. The summed E-state index contributed by atoms with van der Waals surface area (Å²) in [6, 6.07) is 3.94. The fourth-order valence-electron chi connectivity index (χ4n) is 1.24. The minimum atomic E-state index is 0.705. The van der Waals surface area contributed by atoms with Gasteiger partial charge in [0.2, 0.25) is 0 Å². The molecule has 0 atom stereocenters. The van der Waals surface area contributed by atoms with Gasteiger partial charge in [-0.2, -0.15) is 0 Å². The maximum atomic E-state index is 4.12. The normalized spacial score (nSPS) is 10.1. The van der Waals surface area contributed by atoms with E-state index in [4.69, 9.17) is 0 Å². The van der Waals surface area contributed by atoms with E-state index in [1.54, 1.807) is 12.4 Å². The lowest BCUT2D eigenvalue weighted by molar-refractivity contribution is 0.997. The molecule has 72 valence electrons. The van der Waals surface area contributed by atoms with Crippen molar-refractivity contribution in [3.8, 4) is 0 Å². The SMILES string of the molecule is Cc1cc(NCc2ncc[nH]2)ccn1. The first-order chi connectivity index (χ1) is 6.84. The molecule has 2 heterocycles. The summed E-state index contributed by atoms with van der Waals surface area (Å²) in [5, 5.41) is 3.25. The summed E-state index contributed by atoms with van der Waals surface area (Å²) in [5.41, 5.74) is 2.07. The van der Waals surface area contributed by atoms with Crippen molar-refractivity contribution in [2.75, 3.05) is 5.32 Å². The summed E-state index contributed by atoms with van der Waals surface area (Å²) >= 11 is 0. The number of aryl methyl sites for hydroxylation is 1. The molecule has 4 nitrogen and oxygen atoms in total. The number of nitrogens with zero attached hydrogens (tertiary/aromatic N) is 2. The predicted molar refractivity (Wildman–Crippen MR) is 54.9 cm³/mol. The summed E-state index contributed by atoms with van der Waals surface area (Å²) in [6.07, 6.45) is 5.35. The van der Waals surface area contributed by atoms with Gasteiger partial charge in [-0.05, 0) is 19.1 Å². The van der Waals surface area contributed by atoms with Crippen LogP contribution in [0.25, 0.3) is 0 Å². The molecule has 0 aliphatic heterocycles. The predicted octanol–water partition coefficient (Wildman–Crippen LogP) is 1.73. The third kappa shape index (κ3) is 2.10. The highest BCUT2D eigenvalue weighted by Crippen LogP contribution is 2.07. The average Bonchev–Trinajstić information content (AvgIpc) is 2.67. The highest BCUT2D eigenvalue weighted by Gasteiger charge is 1.95. The average molecular weight is 188 g/mol. The van der Waals surface area contributed by atoms with Crippen LogP contribution in [-0.2, 0) is 6.54 Å². The number of hydrogen-bond acceptors (Lipinski definition) is 3. The Balaban J connectivity index is 1.98. The molecule has 0 aromatic carbocycles. The third-order valence-corrected chi connectivity index (χ3v) is 1.91. The van der Waals surface area contributed by atoms with E-state index in [2.05, 4.69) is 20.3 Å². The standard InChI is InChI=1S/C10H12N4/c1-8-6-9(2-3-11-8)14-7-10-12-4-5-13-10/h2-6H,7H2,1H3,(H,11,14)(H,12,13). The van der Waals surface area contributed by atoms with Gasteiger partial charge in [-0.25, -0.2) is 4.98 Å². The Morgan fingerprint density at radius 3 is 3.00 bits per heavy atom. The second-order valence-corrected chi connectivity index (χ2v) is 3.08. The summed E-state index contributed by atoms with van der Waals surface area (Å²) in [5.74, 6) is 0.930. The third-order valence-electron chi connectivity index (χ3n) is 1.91. The van der Waals surface area contributed by atoms with Gasteiger partial charge in [0.15, 0.2) is 0 Å². The topological polar surface area (TPSA) is 53.6 Å². The Kier molecular flexibility index (Phi) is 2.44. The van der Waals surface area contributed by atoms with Crippen molar-refractivity contribution in [3.63, 3.8) is 0 Å². The van der Waals surface area contributed by atoms with E-state index in [0.717, 1.165) is 17.2 Å². The van der Waals surface area contributed by atoms with Crippen LogP contribution in [0.4, 0.5) is 5.69 Å². The Morgan fingerprint density at radius 2 is 2.29 bits per heavy atom. The van der Waals surface area contributed by atoms with Gasteiger partial charge in [-0.15, -0.1) is 0 Å². The van der Waals surface area contributed by atoms with Crippen LogP contribution in [0.2, 0.25) is 0 Å². The van der Waals surface area contributed by atoms with Gasteiger partial charge in [-0.3, -0.25) is 4.98 Å². The summed E-state index contributed by atoms with van der Waals surface area (Å²) < 4.78 is 0. The number of aromatic amines is 1. The molecule has 0 aliphatic carbocycles. The minimum absolute atomic E-state index is 0.705.